The number of anilines is 1. The highest BCUT2D eigenvalue weighted by Crippen LogP contribution is 2.59. The van der Waals surface area contributed by atoms with E-state index in [4.69, 9.17) is 14.8 Å². The zero-order valence-electron chi connectivity index (χ0n) is 16.6. The number of amides is 1. The molecule has 174 valence electrons. The summed E-state index contributed by atoms with van der Waals surface area (Å²) < 4.78 is 76.4. The number of benzene rings is 1. The molecule has 1 amide bonds. The molecule has 1 aromatic carbocycles. The maximum atomic E-state index is 14.2. The molecule has 0 spiro atoms. The summed E-state index contributed by atoms with van der Waals surface area (Å²) in [6.07, 6.45) is -5.23. The maximum absolute atomic E-state index is 14.2. The zero-order valence-corrected chi connectivity index (χ0v) is 18.2. The molecular formula is C18H17BF5NO5S2. The molecule has 1 aliphatic rings. The van der Waals surface area contributed by atoms with Gasteiger partial charge in [0, 0.05) is 22.9 Å². The number of thioether (sulfide) groups is 1. The number of carbonyl (C=O) groups is 1. The van der Waals surface area contributed by atoms with E-state index in [0.717, 1.165) is 37.5 Å². The molecule has 0 saturated carbocycles. The Morgan fingerprint density at radius 3 is 2.59 bits per heavy atom. The predicted molar refractivity (Wildman–Crippen MR) is 110 cm³/mol. The second kappa shape index (κ2) is 9.08. The van der Waals surface area contributed by atoms with Gasteiger partial charge < -0.3 is 24.8 Å². The number of ether oxygens (including phenoxy) is 1. The Hall–Kier alpha value is -2.03. The molecule has 14 heteroatoms. The van der Waals surface area contributed by atoms with E-state index in [1.54, 1.807) is 0 Å². The molecule has 1 saturated heterocycles. The molecule has 3 N–H and O–H groups in total. The van der Waals surface area contributed by atoms with E-state index >= 15 is 0 Å². The number of rotatable bonds is 6. The molecule has 2 aromatic rings. The number of halogens is 5. The summed E-state index contributed by atoms with van der Waals surface area (Å²) in [5, 5.41) is 20.3. The Morgan fingerprint density at radius 1 is 1.31 bits per heavy atom. The van der Waals surface area contributed by atoms with E-state index in [1.165, 1.54) is 11.4 Å². The van der Waals surface area contributed by atoms with Crippen molar-refractivity contribution in [3.8, 4) is 10.8 Å². The van der Waals surface area contributed by atoms with Gasteiger partial charge >= 0.3 is 13.5 Å². The summed E-state index contributed by atoms with van der Waals surface area (Å²) in [5.74, 6) is -5.06. The lowest BCUT2D eigenvalue weighted by Crippen LogP contribution is -2.37. The van der Waals surface area contributed by atoms with Crippen molar-refractivity contribution in [1.82, 2.24) is 0 Å². The highest BCUT2D eigenvalue weighted by atomic mass is 32.2. The van der Waals surface area contributed by atoms with Crippen LogP contribution in [0.1, 0.15) is 24.8 Å². The summed E-state index contributed by atoms with van der Waals surface area (Å²) in [5.41, 5.74) is 0.109. The van der Waals surface area contributed by atoms with Crippen LogP contribution in [0.25, 0.3) is 0 Å². The van der Waals surface area contributed by atoms with Gasteiger partial charge in [-0.25, -0.2) is 4.39 Å². The molecule has 0 bridgehead atoms. The fraction of sp³-hybridized carbons (Fsp3) is 0.389. The Labute approximate surface area is 187 Å². The van der Waals surface area contributed by atoms with Crippen molar-refractivity contribution in [1.29, 1.82) is 0 Å². The normalized spacial score (nSPS) is 23.2. The summed E-state index contributed by atoms with van der Waals surface area (Å²) in [6.45, 7) is 0.948. The molecule has 6 nitrogen and oxygen atoms in total. The van der Waals surface area contributed by atoms with Crippen LogP contribution in [0.5, 0.6) is 10.8 Å². The van der Waals surface area contributed by atoms with Crippen LogP contribution in [0.2, 0.25) is 0 Å². The minimum absolute atomic E-state index is 0.0494. The Kier molecular flexibility index (Phi) is 6.98. The minimum atomic E-state index is -4.67. The molecule has 0 unspecified atom stereocenters. The lowest BCUT2D eigenvalue weighted by atomic mass is 9.85. The van der Waals surface area contributed by atoms with Gasteiger partial charge in [0.05, 0.1) is 18.0 Å². The second-order valence-corrected chi connectivity index (χ2v) is 9.67. The first-order valence-electron chi connectivity index (χ1n) is 9.05. The van der Waals surface area contributed by atoms with Crippen LogP contribution in [-0.4, -0.2) is 46.6 Å². The van der Waals surface area contributed by atoms with Gasteiger partial charge in [-0.2, -0.15) is 17.6 Å². The third kappa shape index (κ3) is 4.82. The summed E-state index contributed by atoms with van der Waals surface area (Å²) >= 11 is 1.30. The number of carbonyl (C=O) groups excluding carboxylic acids is 1. The van der Waals surface area contributed by atoms with E-state index < -0.39 is 59.1 Å². The minimum Gasteiger partial charge on any atom is -0.504 e. The van der Waals surface area contributed by atoms with Crippen molar-refractivity contribution in [3.63, 3.8) is 0 Å². The molecule has 1 fully saturated rings. The number of alkyl halides is 3. The predicted octanol–water partition coefficient (Wildman–Crippen LogP) is 3.93. The monoisotopic (exact) mass is 497 g/mol. The van der Waals surface area contributed by atoms with Crippen molar-refractivity contribution in [2.45, 2.75) is 35.4 Å². The van der Waals surface area contributed by atoms with E-state index in [2.05, 4.69) is 9.97 Å². The van der Waals surface area contributed by atoms with E-state index in [1.807, 2.05) is 0 Å². The van der Waals surface area contributed by atoms with Crippen LogP contribution in [0.3, 0.4) is 0 Å². The third-order valence-electron chi connectivity index (χ3n) is 4.97. The van der Waals surface area contributed by atoms with Gasteiger partial charge in [-0.05, 0) is 19.4 Å². The first kappa shape index (κ1) is 24.6. The van der Waals surface area contributed by atoms with Crippen molar-refractivity contribution < 1.29 is 46.2 Å². The molecule has 0 radical (unpaired) electrons. The van der Waals surface area contributed by atoms with Gasteiger partial charge in [0.2, 0.25) is 11.7 Å². The first-order chi connectivity index (χ1) is 14.9. The lowest BCUT2D eigenvalue weighted by Gasteiger charge is -2.26. The lowest BCUT2D eigenvalue weighted by molar-refractivity contribution is -0.155. The van der Waals surface area contributed by atoms with Gasteiger partial charge in [-0.1, -0.05) is 6.07 Å². The molecule has 3 atom stereocenters. The summed E-state index contributed by atoms with van der Waals surface area (Å²) in [4.78, 5) is 13.0. The standard InChI is InChI=1S/C18H17BF5NO5S2/c1-17(18(22,23)24)6-10(9-3-4-11(20)13(21)14(9)29-2)15(32-17)16(26)25-8-5-12(31-7-8)30-19(27)28/h3-5,7,10,15,27-28H,6H2,1-2H3,(H,25,26)/t10-,15+,17+/m0/s1. The number of thiophene rings is 1. The first-order valence-corrected chi connectivity index (χ1v) is 10.8. The van der Waals surface area contributed by atoms with Gasteiger partial charge in [-0.3, -0.25) is 4.79 Å². The smallest absolute Gasteiger partial charge is 0.504 e. The SMILES string of the molecule is COc1c([C@@H]2C[C@](C)(C(F)(F)F)S[C@H]2C(=O)Nc2csc(OB(O)O)c2)ccc(F)c1F. The van der Waals surface area contributed by atoms with Crippen molar-refractivity contribution in [2.24, 2.45) is 0 Å². The van der Waals surface area contributed by atoms with Gasteiger partial charge in [0.15, 0.2) is 16.6 Å². The summed E-state index contributed by atoms with van der Waals surface area (Å²) in [6, 6.07) is 3.15. The average Bonchev–Trinajstić information content (AvgIpc) is 3.27. The Morgan fingerprint density at radius 2 is 2.00 bits per heavy atom. The van der Waals surface area contributed by atoms with Crippen molar-refractivity contribution >= 4 is 42.0 Å². The van der Waals surface area contributed by atoms with Crippen LogP contribution in [0.15, 0.2) is 23.6 Å². The molecule has 0 aliphatic carbocycles. The van der Waals surface area contributed by atoms with Crippen LogP contribution < -0.4 is 14.7 Å². The third-order valence-corrected chi connectivity index (χ3v) is 7.50. The number of hydrogen-bond acceptors (Lipinski definition) is 7. The average molecular weight is 497 g/mol. The number of hydrogen-bond donors (Lipinski definition) is 3. The maximum Gasteiger partial charge on any atom is 0.708 e. The van der Waals surface area contributed by atoms with Crippen molar-refractivity contribution in [3.05, 3.63) is 40.8 Å². The zero-order chi connectivity index (χ0) is 23.8. The number of nitrogens with one attached hydrogen (secondary N) is 1. The summed E-state index contributed by atoms with van der Waals surface area (Å²) in [7, 11) is -1.02. The molecule has 3 rings (SSSR count). The highest BCUT2D eigenvalue weighted by Gasteiger charge is 2.60. The fourth-order valence-electron chi connectivity index (χ4n) is 3.44. The van der Waals surface area contributed by atoms with Crippen LogP contribution in [-0.2, 0) is 4.79 Å². The number of methoxy groups -OCH3 is 1. The fourth-order valence-corrected chi connectivity index (χ4v) is 5.69. The molecule has 2 heterocycles. The molecule has 32 heavy (non-hydrogen) atoms. The van der Waals surface area contributed by atoms with Crippen LogP contribution in [0, 0.1) is 11.6 Å². The van der Waals surface area contributed by atoms with Crippen LogP contribution >= 0.6 is 23.1 Å². The highest BCUT2D eigenvalue weighted by molar-refractivity contribution is 8.02. The Bertz CT molecular complexity index is 1000. The van der Waals surface area contributed by atoms with Crippen LogP contribution in [0.4, 0.5) is 27.6 Å². The van der Waals surface area contributed by atoms with E-state index in [9.17, 15) is 26.7 Å². The van der Waals surface area contributed by atoms with E-state index in [0.29, 0.717) is 11.8 Å². The van der Waals surface area contributed by atoms with Gasteiger partial charge in [0.25, 0.3) is 0 Å². The van der Waals surface area contributed by atoms with Crippen molar-refractivity contribution in [2.75, 3.05) is 12.4 Å². The van der Waals surface area contributed by atoms with E-state index in [-0.39, 0.29) is 16.3 Å². The van der Waals surface area contributed by atoms with Gasteiger partial charge in [0.1, 0.15) is 4.75 Å². The quantitative estimate of drug-likeness (QED) is 0.414. The molecular weight excluding hydrogens is 480 g/mol. The largest absolute Gasteiger partial charge is 0.708 e. The van der Waals surface area contributed by atoms with Gasteiger partial charge in [-0.15, -0.1) is 23.1 Å². The Balaban J connectivity index is 1.95. The second-order valence-electron chi connectivity index (χ2n) is 7.15. The molecule has 1 aromatic heterocycles. The topological polar surface area (TPSA) is 88.0 Å². The molecule has 1 aliphatic heterocycles.